The van der Waals surface area contributed by atoms with Crippen LogP contribution in [0.5, 0.6) is 0 Å². The van der Waals surface area contributed by atoms with Crippen LogP contribution in [0.15, 0.2) is 136 Å². The lowest BCUT2D eigenvalue weighted by atomic mass is 9.80. The monoisotopic (exact) mass is 1740 g/mol. The van der Waals surface area contributed by atoms with Gasteiger partial charge in [-0.1, -0.05) is 24.3 Å². The van der Waals surface area contributed by atoms with Gasteiger partial charge in [0.1, 0.15) is 47.6 Å². The molecule has 0 saturated carbocycles. The zero-order chi connectivity index (χ0) is 89.1. The molecule has 10 aliphatic rings. The zero-order valence-electron chi connectivity index (χ0n) is 73.2. The first kappa shape index (κ1) is 87.6. The van der Waals surface area contributed by atoms with Crippen molar-refractivity contribution in [1.82, 2.24) is 84.0 Å². The van der Waals surface area contributed by atoms with E-state index < -0.39 is 30.5 Å². The number of nitrogens with zero attached hydrogens (tertiary/aromatic N) is 18. The molecule has 17 heterocycles. The molecule has 11 aromatic heterocycles. The summed E-state index contributed by atoms with van der Waals surface area (Å²) in [6.07, 6.45) is 42.5. The van der Waals surface area contributed by atoms with E-state index in [1.807, 2.05) is 124 Å². The summed E-state index contributed by atoms with van der Waals surface area (Å²) >= 11 is 0. The number of Topliss-reactive ketones (excluding diaryl/α,β-unsaturated/α-hetero) is 1. The molecular formula is C98H105FN18O12. The molecule has 0 saturated heterocycles. The van der Waals surface area contributed by atoms with Crippen LogP contribution in [0.2, 0.25) is 0 Å². The van der Waals surface area contributed by atoms with Crippen LogP contribution < -0.4 is 0 Å². The number of fused-ring (bicyclic) bond motifs is 11. The summed E-state index contributed by atoms with van der Waals surface area (Å²) in [6, 6.07) is 11.6. The number of hydrogen-bond acceptors (Lipinski definition) is 25. The van der Waals surface area contributed by atoms with Crippen LogP contribution in [0.4, 0.5) is 4.39 Å². The van der Waals surface area contributed by atoms with Gasteiger partial charge in [0.15, 0.2) is 0 Å². The Morgan fingerprint density at radius 3 is 1.46 bits per heavy atom. The van der Waals surface area contributed by atoms with Crippen molar-refractivity contribution in [2.24, 2.45) is 41.2 Å². The summed E-state index contributed by atoms with van der Waals surface area (Å²) < 4.78 is 57.3. The number of aromatic nitrogens is 17. The van der Waals surface area contributed by atoms with Gasteiger partial charge in [0, 0.05) is 201 Å². The van der Waals surface area contributed by atoms with E-state index in [0.29, 0.717) is 110 Å². The summed E-state index contributed by atoms with van der Waals surface area (Å²) in [5.41, 5.74) is 32.6. The van der Waals surface area contributed by atoms with Gasteiger partial charge in [-0.2, -0.15) is 25.7 Å². The maximum atomic E-state index is 14.8. The molecule has 30 nitrogen and oxygen atoms in total. The third-order valence-corrected chi connectivity index (χ3v) is 26.8. The molecule has 5 N–H and O–H groups in total. The van der Waals surface area contributed by atoms with Crippen molar-refractivity contribution in [3.8, 4) is 28.3 Å². The van der Waals surface area contributed by atoms with E-state index in [-0.39, 0.29) is 23.4 Å². The molecule has 0 fully saturated rings. The number of carbonyl (C=O) groups is 1. The van der Waals surface area contributed by atoms with Gasteiger partial charge < -0.3 is 54.0 Å². The predicted octanol–water partition coefficient (Wildman–Crippen LogP) is 12.9. The van der Waals surface area contributed by atoms with Crippen LogP contribution >= 0.6 is 0 Å². The van der Waals surface area contributed by atoms with Gasteiger partial charge in [0.2, 0.25) is 0 Å². The fourth-order valence-corrected chi connectivity index (χ4v) is 19.5. The van der Waals surface area contributed by atoms with Gasteiger partial charge >= 0.3 is 0 Å². The largest absolute Gasteiger partial charge is 0.386 e. The molecule has 0 amide bonds. The van der Waals surface area contributed by atoms with Crippen molar-refractivity contribution in [1.29, 1.82) is 5.26 Å². The number of ether oxygens (including phenoxy) is 6. The minimum absolute atomic E-state index is 0.0258. The van der Waals surface area contributed by atoms with E-state index >= 15 is 0 Å². The smallest absolute Gasteiger partial charge is 0.133 e. The van der Waals surface area contributed by atoms with E-state index in [1.54, 1.807) is 65.0 Å². The second kappa shape index (κ2) is 38.7. The number of allylic oxidation sites excluding steroid dienone is 3. The predicted molar refractivity (Wildman–Crippen MR) is 474 cm³/mol. The number of hydrogen-bond donors (Lipinski definition) is 5. The number of ketones is 1. The quantitative estimate of drug-likeness (QED) is 0.0896. The second-order valence-corrected chi connectivity index (χ2v) is 34.7. The molecule has 9 atom stereocenters. The molecule has 0 radical (unpaired) electrons. The van der Waals surface area contributed by atoms with Crippen LogP contribution in [-0.2, 0) is 140 Å². The molecule has 0 spiro atoms. The Hall–Kier alpha value is -12.0. The van der Waals surface area contributed by atoms with Crippen molar-refractivity contribution in [2.45, 2.75) is 178 Å². The molecule has 13 aromatic rings. The Morgan fingerprint density at radius 1 is 0.450 bits per heavy atom. The van der Waals surface area contributed by atoms with Crippen LogP contribution in [0, 0.1) is 23.1 Å². The first-order valence-corrected chi connectivity index (χ1v) is 44.2. The first-order valence-electron chi connectivity index (χ1n) is 44.2. The zero-order valence-corrected chi connectivity index (χ0v) is 73.2. The number of nitriles is 1. The Balaban J connectivity index is 0.000000105. The summed E-state index contributed by atoms with van der Waals surface area (Å²) in [5.74, 6) is 0.862. The van der Waals surface area contributed by atoms with Gasteiger partial charge in [-0.15, -0.1) is 5.10 Å². The third-order valence-electron chi connectivity index (χ3n) is 26.8. The molecular weight excluding hydrogens is 1640 g/mol. The molecule has 31 heteroatoms. The van der Waals surface area contributed by atoms with Gasteiger partial charge in [-0.05, 0) is 196 Å². The number of aliphatic hydroxyl groups excluding tert-OH is 5. The van der Waals surface area contributed by atoms with Crippen LogP contribution in [-0.4, -0.2) is 155 Å². The lowest BCUT2D eigenvalue weighted by Crippen LogP contribution is -2.22. The van der Waals surface area contributed by atoms with Gasteiger partial charge in [0.25, 0.3) is 0 Å². The molecule has 4 aliphatic carbocycles. The maximum Gasteiger partial charge on any atom is 0.133 e. The molecule has 129 heavy (non-hydrogen) atoms. The second-order valence-electron chi connectivity index (χ2n) is 34.7. The van der Waals surface area contributed by atoms with Crippen molar-refractivity contribution in [3.63, 3.8) is 0 Å². The van der Waals surface area contributed by atoms with E-state index in [2.05, 4.69) is 78.8 Å². The van der Waals surface area contributed by atoms with Crippen LogP contribution in [0.1, 0.15) is 229 Å². The maximum absolute atomic E-state index is 14.8. The van der Waals surface area contributed by atoms with E-state index in [0.717, 1.165) is 193 Å². The van der Waals surface area contributed by atoms with Gasteiger partial charge in [0.05, 0.1) is 133 Å². The number of rotatable bonds is 9. The standard InChI is InChI=1S/C20H20FN3O2.2C16H19N3O2.C16H17N3O2.C15H14N4O2.C15H16N2O2/c1-3-14(25)4-13-10-26-11-18-16(13)8-22-9-17(18)15-6-20-12(5-19(15)21)7-23-24(20)2;3*1-19-15-4-10(2-3-11(15)5-18-19)12-6-17-7-13-14(12)8-21-9-16(13)20;1-19-14-4-9(2-3-13(14)17-18-19)10-5-16-6-11-12(10)7-21-8-15(11)20;16-5-10-1-3-11(4-2-10)12-6-17-7-13-14(12)8-19-9-15(13)18/h5-9,13H,3-4,10-11H2,1-2H3;2*5-7,10,16,20H,2-4,8-9H2,1H3;4-7,16,20H,2-3,8-9H2,1H3;2-6,15,20H,7-8H2,1H3;3,6-7,10,15,18H,1-2,4,8-9H2. The Bertz CT molecular complexity index is 6320. The van der Waals surface area contributed by atoms with Gasteiger partial charge in [-0.25, -0.2) is 9.07 Å². The highest BCUT2D eigenvalue weighted by Crippen LogP contribution is 2.44. The normalized spacial score (nSPS) is 21.5. The number of carbonyl (C=O) groups excluding carboxylic acids is 1. The molecule has 23 rings (SSSR count). The Labute approximate surface area is 745 Å². The minimum Gasteiger partial charge on any atom is -0.386 e. The summed E-state index contributed by atoms with van der Waals surface area (Å²) in [4.78, 5) is 37.8. The van der Waals surface area contributed by atoms with Gasteiger partial charge in [-0.3, -0.25) is 53.4 Å². The molecule has 2 aromatic carbocycles. The van der Waals surface area contributed by atoms with Crippen molar-refractivity contribution in [2.75, 3.05) is 39.6 Å². The summed E-state index contributed by atoms with van der Waals surface area (Å²) in [7, 11) is 9.67. The topological polar surface area (TPSA) is 377 Å². The summed E-state index contributed by atoms with van der Waals surface area (Å²) in [6.45, 7) is 7.23. The fraction of sp³-hybridized carbons (Fsp3) is 0.408. The van der Waals surface area contributed by atoms with E-state index in [1.165, 1.54) is 56.4 Å². The summed E-state index contributed by atoms with van der Waals surface area (Å²) in [5, 5.41) is 85.2. The highest BCUT2D eigenvalue weighted by molar-refractivity contribution is 5.87. The number of benzene rings is 2. The lowest BCUT2D eigenvalue weighted by molar-refractivity contribution is -0.119. The van der Waals surface area contributed by atoms with Crippen molar-refractivity contribution >= 4 is 44.9 Å². The third kappa shape index (κ3) is 18.3. The van der Waals surface area contributed by atoms with Crippen molar-refractivity contribution in [3.05, 3.63) is 264 Å². The fourth-order valence-electron chi connectivity index (χ4n) is 19.5. The number of aliphatic hydroxyl groups is 5. The average molecular weight is 1750 g/mol. The van der Waals surface area contributed by atoms with E-state index in [4.69, 9.17) is 33.7 Å². The van der Waals surface area contributed by atoms with Crippen LogP contribution in [0.3, 0.4) is 0 Å². The van der Waals surface area contributed by atoms with E-state index in [9.17, 15) is 34.7 Å². The Morgan fingerprint density at radius 2 is 0.915 bits per heavy atom. The highest BCUT2D eigenvalue weighted by Gasteiger charge is 2.35. The number of halogens is 1. The lowest BCUT2D eigenvalue weighted by Gasteiger charge is -2.29. The SMILES string of the molecule is CCC(=O)CC1COCc2c(-c3cc4c(cnn4C)cc3F)cncc21.Cn1ncc2c1C=C(c1cncc3c1COCC3O)CC2.Cn1ncc2c1CC(c1cncc3c1COCC3O)CC2.Cn1ncc2c1CC(c1cncc3c1COCC3O)CC2.Cn1nnc2ccc(-c3cncc4c3COCC4O)cc21.N#CC1CC=C(c2cncc3c2COCC3O)CC1. The molecule has 666 valence electrons. The first-order chi connectivity index (χ1) is 62.8. The molecule has 0 bridgehead atoms. The van der Waals surface area contributed by atoms with Crippen molar-refractivity contribution < 1.29 is 63.1 Å². The van der Waals surface area contributed by atoms with Crippen LogP contribution in [0.25, 0.3) is 61.4 Å². The Kier molecular flexibility index (Phi) is 26.3. The molecule has 9 unspecified atom stereocenters. The highest BCUT2D eigenvalue weighted by atomic mass is 19.1. The minimum atomic E-state index is -0.608. The average Bonchev–Trinajstić information content (AvgIpc) is 1.33. The molecule has 6 aliphatic heterocycles. The number of pyridine rings is 6. The number of aryl methyl sites for hydroxylation is 8.